The van der Waals surface area contributed by atoms with E-state index in [1.807, 2.05) is 25.1 Å². The first kappa shape index (κ1) is 15.6. The summed E-state index contributed by atoms with van der Waals surface area (Å²) >= 11 is 0. The van der Waals surface area contributed by atoms with Crippen molar-refractivity contribution >= 4 is 5.91 Å². The second-order valence-electron chi connectivity index (χ2n) is 6.01. The van der Waals surface area contributed by atoms with E-state index in [4.69, 9.17) is 9.15 Å². The summed E-state index contributed by atoms with van der Waals surface area (Å²) in [5.41, 5.74) is 1.51. The molecule has 23 heavy (non-hydrogen) atoms. The summed E-state index contributed by atoms with van der Waals surface area (Å²) in [4.78, 5) is 12.6. The van der Waals surface area contributed by atoms with Gasteiger partial charge >= 0.3 is 0 Å². The molecule has 5 heteroatoms. The molecule has 1 heterocycles. The number of benzene rings is 1. The Hall–Kier alpha value is -2.27. The van der Waals surface area contributed by atoms with Gasteiger partial charge in [0, 0.05) is 0 Å². The monoisotopic (exact) mass is 315 g/mol. The number of aliphatic hydroxyl groups is 1. The van der Waals surface area contributed by atoms with E-state index in [9.17, 15) is 9.90 Å². The highest BCUT2D eigenvalue weighted by Crippen LogP contribution is 2.49. The lowest BCUT2D eigenvalue weighted by molar-refractivity contribution is -0.124. The Morgan fingerprint density at radius 3 is 2.83 bits per heavy atom. The van der Waals surface area contributed by atoms with Crippen LogP contribution in [0, 0.1) is 6.92 Å². The standard InChI is InChI=1S/C18H21NO4/c1-12-5-6-13(10-16(12)22-2)18(7-8-18)17(21)19-11-14(20)15-4-3-9-23-15/h3-6,9-10,14,20H,7-8,11H2,1-2H3,(H,19,21). The van der Waals surface area contributed by atoms with Crippen LogP contribution in [0.4, 0.5) is 0 Å². The number of aryl methyl sites for hydroxylation is 1. The van der Waals surface area contributed by atoms with Crippen molar-refractivity contribution in [3.63, 3.8) is 0 Å². The Morgan fingerprint density at radius 1 is 1.43 bits per heavy atom. The molecule has 2 aromatic rings. The van der Waals surface area contributed by atoms with E-state index in [0.29, 0.717) is 5.76 Å². The van der Waals surface area contributed by atoms with Gasteiger partial charge in [-0.3, -0.25) is 4.79 Å². The molecule has 1 aromatic carbocycles. The number of amides is 1. The number of carbonyl (C=O) groups is 1. The minimum atomic E-state index is -0.836. The number of ether oxygens (including phenoxy) is 1. The Balaban J connectivity index is 1.69. The fourth-order valence-electron chi connectivity index (χ4n) is 2.83. The zero-order valence-corrected chi connectivity index (χ0v) is 13.3. The zero-order chi connectivity index (χ0) is 16.4. The molecular weight excluding hydrogens is 294 g/mol. The van der Waals surface area contributed by atoms with Gasteiger partial charge in [0.15, 0.2) is 0 Å². The number of methoxy groups -OCH3 is 1. The van der Waals surface area contributed by atoms with Crippen molar-refractivity contribution < 1.29 is 19.1 Å². The highest BCUT2D eigenvalue weighted by molar-refractivity contribution is 5.91. The molecule has 1 unspecified atom stereocenters. The zero-order valence-electron chi connectivity index (χ0n) is 13.3. The molecule has 122 valence electrons. The van der Waals surface area contributed by atoms with Crippen LogP contribution in [0.1, 0.15) is 35.8 Å². The number of hydrogen-bond acceptors (Lipinski definition) is 4. The third-order valence-electron chi connectivity index (χ3n) is 4.47. The molecular formula is C18H21NO4. The topological polar surface area (TPSA) is 71.7 Å². The number of hydrogen-bond donors (Lipinski definition) is 2. The first-order valence-corrected chi connectivity index (χ1v) is 7.72. The average molecular weight is 315 g/mol. The van der Waals surface area contributed by atoms with E-state index in [-0.39, 0.29) is 12.5 Å². The number of nitrogens with one attached hydrogen (secondary N) is 1. The van der Waals surface area contributed by atoms with Crippen LogP contribution in [0.5, 0.6) is 5.75 Å². The highest BCUT2D eigenvalue weighted by atomic mass is 16.5. The van der Waals surface area contributed by atoms with E-state index < -0.39 is 11.5 Å². The largest absolute Gasteiger partial charge is 0.496 e. The summed E-state index contributed by atoms with van der Waals surface area (Å²) in [5.74, 6) is 1.18. The van der Waals surface area contributed by atoms with Gasteiger partial charge in [-0.05, 0) is 49.1 Å². The Labute approximate surface area is 135 Å². The summed E-state index contributed by atoms with van der Waals surface area (Å²) in [6, 6.07) is 9.29. The summed E-state index contributed by atoms with van der Waals surface area (Å²) in [6.45, 7) is 2.11. The third kappa shape index (κ3) is 2.97. The lowest BCUT2D eigenvalue weighted by Crippen LogP contribution is -2.37. The molecule has 1 aliphatic carbocycles. The molecule has 1 atom stereocenters. The van der Waals surface area contributed by atoms with Crippen molar-refractivity contribution in [2.75, 3.05) is 13.7 Å². The SMILES string of the molecule is COc1cc(C2(C(=O)NCC(O)c3ccco3)CC2)ccc1C. The molecule has 0 radical (unpaired) electrons. The molecule has 0 aliphatic heterocycles. The Kier molecular flexibility index (Phi) is 4.13. The minimum Gasteiger partial charge on any atom is -0.496 e. The van der Waals surface area contributed by atoms with Crippen LogP contribution in [0.25, 0.3) is 0 Å². The normalized spacial score (nSPS) is 16.7. The van der Waals surface area contributed by atoms with E-state index in [2.05, 4.69) is 5.32 Å². The van der Waals surface area contributed by atoms with Crippen LogP contribution >= 0.6 is 0 Å². The smallest absolute Gasteiger partial charge is 0.230 e. The summed E-state index contributed by atoms with van der Waals surface area (Å²) in [6.07, 6.45) is 2.28. The van der Waals surface area contributed by atoms with Crippen molar-refractivity contribution in [3.8, 4) is 5.75 Å². The minimum absolute atomic E-state index is 0.0611. The molecule has 3 rings (SSSR count). The van der Waals surface area contributed by atoms with Crippen LogP contribution in [0.3, 0.4) is 0 Å². The molecule has 0 spiro atoms. The van der Waals surface area contributed by atoms with Gasteiger partial charge in [-0.2, -0.15) is 0 Å². The van der Waals surface area contributed by atoms with Gasteiger partial charge in [0.2, 0.25) is 5.91 Å². The van der Waals surface area contributed by atoms with Crippen LogP contribution in [-0.2, 0) is 10.2 Å². The van der Waals surface area contributed by atoms with Gasteiger partial charge in [0.1, 0.15) is 17.6 Å². The maximum absolute atomic E-state index is 12.6. The molecule has 1 aliphatic rings. The highest BCUT2D eigenvalue weighted by Gasteiger charge is 2.51. The quantitative estimate of drug-likeness (QED) is 0.859. The van der Waals surface area contributed by atoms with Crippen LogP contribution in [0.15, 0.2) is 41.0 Å². The summed E-state index contributed by atoms with van der Waals surface area (Å²) in [5, 5.41) is 12.8. The fourth-order valence-corrected chi connectivity index (χ4v) is 2.83. The molecule has 0 saturated heterocycles. The van der Waals surface area contributed by atoms with Crippen LogP contribution in [-0.4, -0.2) is 24.7 Å². The number of aliphatic hydroxyl groups excluding tert-OH is 1. The molecule has 0 bridgehead atoms. The van der Waals surface area contributed by atoms with Gasteiger partial charge < -0.3 is 19.6 Å². The Morgan fingerprint density at radius 2 is 2.22 bits per heavy atom. The van der Waals surface area contributed by atoms with Crippen LogP contribution < -0.4 is 10.1 Å². The van der Waals surface area contributed by atoms with Gasteiger partial charge in [-0.15, -0.1) is 0 Å². The maximum atomic E-state index is 12.6. The summed E-state index contributed by atoms with van der Waals surface area (Å²) < 4.78 is 10.5. The van der Waals surface area contributed by atoms with Crippen molar-refractivity contribution in [1.82, 2.24) is 5.32 Å². The van der Waals surface area contributed by atoms with E-state index in [0.717, 1.165) is 29.7 Å². The van der Waals surface area contributed by atoms with Gasteiger partial charge in [0.25, 0.3) is 0 Å². The molecule has 1 aromatic heterocycles. The number of furan rings is 1. The van der Waals surface area contributed by atoms with Gasteiger partial charge in [-0.25, -0.2) is 0 Å². The molecule has 5 nitrogen and oxygen atoms in total. The van der Waals surface area contributed by atoms with E-state index >= 15 is 0 Å². The predicted molar refractivity (Wildman–Crippen MR) is 85.3 cm³/mol. The number of carbonyl (C=O) groups excluding carboxylic acids is 1. The predicted octanol–water partition coefficient (Wildman–Crippen LogP) is 2.48. The molecule has 1 amide bonds. The maximum Gasteiger partial charge on any atom is 0.230 e. The average Bonchev–Trinajstić information content (AvgIpc) is 3.19. The van der Waals surface area contributed by atoms with Gasteiger partial charge in [-0.1, -0.05) is 12.1 Å². The fraction of sp³-hybridized carbons (Fsp3) is 0.389. The van der Waals surface area contributed by atoms with Crippen LogP contribution in [0.2, 0.25) is 0 Å². The van der Waals surface area contributed by atoms with Crippen molar-refractivity contribution in [3.05, 3.63) is 53.5 Å². The van der Waals surface area contributed by atoms with Crippen molar-refractivity contribution in [1.29, 1.82) is 0 Å². The third-order valence-corrected chi connectivity index (χ3v) is 4.47. The molecule has 1 saturated carbocycles. The van der Waals surface area contributed by atoms with Crippen molar-refractivity contribution in [2.24, 2.45) is 0 Å². The molecule has 2 N–H and O–H groups in total. The van der Waals surface area contributed by atoms with E-state index in [1.165, 1.54) is 6.26 Å². The summed E-state index contributed by atoms with van der Waals surface area (Å²) in [7, 11) is 1.63. The Bertz CT molecular complexity index is 689. The number of rotatable bonds is 6. The second kappa shape index (κ2) is 6.08. The first-order valence-electron chi connectivity index (χ1n) is 7.72. The van der Waals surface area contributed by atoms with Crippen molar-refractivity contribution in [2.45, 2.75) is 31.3 Å². The lowest BCUT2D eigenvalue weighted by atomic mass is 9.93. The second-order valence-corrected chi connectivity index (χ2v) is 6.01. The van der Waals surface area contributed by atoms with Gasteiger partial charge in [0.05, 0.1) is 25.3 Å². The molecule has 1 fully saturated rings. The first-order chi connectivity index (χ1) is 11.1. The van der Waals surface area contributed by atoms with E-state index in [1.54, 1.807) is 19.2 Å². The lowest BCUT2D eigenvalue weighted by Gasteiger charge is -2.18.